The fourth-order valence-corrected chi connectivity index (χ4v) is 2.71. The average molecular weight is 269 g/mol. The van der Waals surface area contributed by atoms with Gasteiger partial charge in [0.05, 0.1) is 6.61 Å². The first-order valence-corrected chi connectivity index (χ1v) is 6.99. The van der Waals surface area contributed by atoms with Crippen molar-refractivity contribution < 1.29 is 5.11 Å². The third-order valence-electron chi connectivity index (χ3n) is 3.46. The van der Waals surface area contributed by atoms with E-state index in [-0.39, 0.29) is 6.61 Å². The fraction of sp³-hybridized carbons (Fsp3) is 0.571. The second-order valence-corrected chi connectivity index (χ2v) is 5.20. The highest BCUT2D eigenvalue weighted by atomic mass is 35.5. The van der Waals surface area contributed by atoms with Gasteiger partial charge in [-0.3, -0.25) is 4.90 Å². The van der Waals surface area contributed by atoms with E-state index in [0.717, 1.165) is 37.4 Å². The van der Waals surface area contributed by atoms with Crippen LogP contribution in [-0.2, 0) is 6.61 Å². The molecule has 0 aliphatic carbocycles. The second kappa shape index (κ2) is 6.41. The number of hydrogen-bond donors (Lipinski definition) is 1. The Balaban J connectivity index is 2.05. The van der Waals surface area contributed by atoms with E-state index in [9.17, 15) is 5.11 Å². The van der Waals surface area contributed by atoms with Gasteiger partial charge in [0, 0.05) is 42.5 Å². The Labute approximate surface area is 114 Å². The van der Waals surface area contributed by atoms with Crippen molar-refractivity contribution in [2.24, 2.45) is 0 Å². The van der Waals surface area contributed by atoms with Crippen LogP contribution in [0.4, 0.5) is 5.69 Å². The summed E-state index contributed by atoms with van der Waals surface area (Å²) in [6.07, 6.45) is 1.21. The number of hydrogen-bond acceptors (Lipinski definition) is 3. The molecule has 0 unspecified atom stereocenters. The van der Waals surface area contributed by atoms with Gasteiger partial charge in [-0.1, -0.05) is 18.5 Å². The lowest BCUT2D eigenvalue weighted by Gasteiger charge is -2.36. The van der Waals surface area contributed by atoms with Gasteiger partial charge in [-0.25, -0.2) is 0 Å². The normalized spacial score (nSPS) is 17.2. The number of aliphatic hydroxyl groups is 1. The van der Waals surface area contributed by atoms with Crippen molar-refractivity contribution in [1.29, 1.82) is 0 Å². The lowest BCUT2D eigenvalue weighted by molar-refractivity contribution is 0.256. The van der Waals surface area contributed by atoms with Crippen LogP contribution in [0.1, 0.15) is 18.9 Å². The molecule has 0 spiro atoms. The van der Waals surface area contributed by atoms with Crippen LogP contribution < -0.4 is 4.90 Å². The zero-order valence-corrected chi connectivity index (χ0v) is 11.7. The zero-order valence-electron chi connectivity index (χ0n) is 10.9. The lowest BCUT2D eigenvalue weighted by atomic mass is 10.1. The molecule has 1 fully saturated rings. The average Bonchev–Trinajstić information content (AvgIpc) is 2.40. The maximum absolute atomic E-state index is 9.41. The molecule has 1 saturated heterocycles. The van der Waals surface area contributed by atoms with Gasteiger partial charge >= 0.3 is 0 Å². The Morgan fingerprint density at radius 3 is 2.56 bits per heavy atom. The molecule has 0 amide bonds. The summed E-state index contributed by atoms with van der Waals surface area (Å²) >= 11 is 5.96. The number of piperazine rings is 1. The monoisotopic (exact) mass is 268 g/mol. The Kier molecular flexibility index (Phi) is 4.87. The van der Waals surface area contributed by atoms with Crippen LogP contribution in [0.25, 0.3) is 0 Å². The van der Waals surface area contributed by atoms with E-state index < -0.39 is 0 Å². The molecule has 0 atom stereocenters. The van der Waals surface area contributed by atoms with Crippen LogP contribution in [0, 0.1) is 0 Å². The molecule has 1 aliphatic heterocycles. The second-order valence-electron chi connectivity index (χ2n) is 4.76. The van der Waals surface area contributed by atoms with E-state index in [2.05, 4.69) is 16.7 Å². The van der Waals surface area contributed by atoms with Crippen molar-refractivity contribution in [3.8, 4) is 0 Å². The largest absolute Gasteiger partial charge is 0.392 e. The van der Waals surface area contributed by atoms with E-state index in [1.54, 1.807) is 0 Å². The Morgan fingerprint density at radius 1 is 1.22 bits per heavy atom. The van der Waals surface area contributed by atoms with Crippen molar-refractivity contribution in [1.82, 2.24) is 4.90 Å². The van der Waals surface area contributed by atoms with Crippen molar-refractivity contribution in [3.63, 3.8) is 0 Å². The number of anilines is 1. The van der Waals surface area contributed by atoms with Gasteiger partial charge in [-0.15, -0.1) is 0 Å². The van der Waals surface area contributed by atoms with Gasteiger partial charge in [0.1, 0.15) is 0 Å². The van der Waals surface area contributed by atoms with Crippen LogP contribution >= 0.6 is 11.6 Å². The summed E-state index contributed by atoms with van der Waals surface area (Å²) in [4.78, 5) is 4.83. The van der Waals surface area contributed by atoms with Crippen molar-refractivity contribution in [3.05, 3.63) is 28.8 Å². The van der Waals surface area contributed by atoms with Gasteiger partial charge in [0.25, 0.3) is 0 Å². The standard InChI is InChI=1S/C14H21ClN2O/c1-2-5-16-6-8-17(9-7-16)14-4-3-13(15)10-12(14)11-18/h3-4,10,18H,2,5-9,11H2,1H3. The maximum Gasteiger partial charge on any atom is 0.0702 e. The third kappa shape index (κ3) is 3.16. The molecule has 18 heavy (non-hydrogen) atoms. The summed E-state index contributed by atoms with van der Waals surface area (Å²) in [6.45, 7) is 7.69. The molecule has 0 bridgehead atoms. The molecule has 1 aromatic rings. The number of nitrogens with zero attached hydrogens (tertiary/aromatic N) is 2. The highest BCUT2D eigenvalue weighted by molar-refractivity contribution is 6.30. The fourth-order valence-electron chi connectivity index (χ4n) is 2.52. The van der Waals surface area contributed by atoms with Gasteiger partial charge in [0.2, 0.25) is 0 Å². The van der Waals surface area contributed by atoms with Gasteiger partial charge in [-0.05, 0) is 31.2 Å². The molecule has 0 aromatic heterocycles. The predicted molar refractivity (Wildman–Crippen MR) is 76.3 cm³/mol. The van der Waals surface area contributed by atoms with E-state index in [1.165, 1.54) is 13.0 Å². The van der Waals surface area contributed by atoms with Crippen LogP contribution in [0.5, 0.6) is 0 Å². The van der Waals surface area contributed by atoms with Crippen LogP contribution in [0.2, 0.25) is 5.02 Å². The van der Waals surface area contributed by atoms with Gasteiger partial charge < -0.3 is 10.0 Å². The highest BCUT2D eigenvalue weighted by Crippen LogP contribution is 2.25. The van der Waals surface area contributed by atoms with Crippen LogP contribution in [-0.4, -0.2) is 42.7 Å². The quantitative estimate of drug-likeness (QED) is 0.908. The minimum Gasteiger partial charge on any atom is -0.392 e. The zero-order chi connectivity index (χ0) is 13.0. The lowest BCUT2D eigenvalue weighted by Crippen LogP contribution is -2.46. The number of rotatable bonds is 4. The first-order valence-electron chi connectivity index (χ1n) is 6.61. The molecule has 2 rings (SSSR count). The van der Waals surface area contributed by atoms with Gasteiger partial charge in [0.15, 0.2) is 0 Å². The summed E-state index contributed by atoms with van der Waals surface area (Å²) in [6, 6.07) is 5.77. The topological polar surface area (TPSA) is 26.7 Å². The predicted octanol–water partition coefficient (Wildman–Crippen LogP) is 2.36. The molecule has 1 heterocycles. The van der Waals surface area contributed by atoms with E-state index in [4.69, 9.17) is 11.6 Å². The van der Waals surface area contributed by atoms with E-state index in [1.807, 2.05) is 18.2 Å². The Morgan fingerprint density at radius 2 is 1.94 bits per heavy atom. The molecule has 0 saturated carbocycles. The van der Waals surface area contributed by atoms with Crippen molar-refractivity contribution in [2.75, 3.05) is 37.6 Å². The summed E-state index contributed by atoms with van der Waals surface area (Å²) in [5.41, 5.74) is 2.05. The Bertz CT molecular complexity index is 389. The summed E-state index contributed by atoms with van der Waals surface area (Å²) in [7, 11) is 0. The first kappa shape index (κ1) is 13.7. The SMILES string of the molecule is CCCN1CCN(c2ccc(Cl)cc2CO)CC1. The third-order valence-corrected chi connectivity index (χ3v) is 3.70. The minimum atomic E-state index is 0.0467. The van der Waals surface area contributed by atoms with Crippen LogP contribution in [0.15, 0.2) is 18.2 Å². The highest BCUT2D eigenvalue weighted by Gasteiger charge is 2.18. The number of aliphatic hydroxyl groups excluding tert-OH is 1. The molecule has 100 valence electrons. The molecular formula is C14H21ClN2O. The maximum atomic E-state index is 9.41. The van der Waals surface area contributed by atoms with Crippen LogP contribution in [0.3, 0.4) is 0 Å². The van der Waals surface area contributed by atoms with Gasteiger partial charge in [-0.2, -0.15) is 0 Å². The summed E-state index contributed by atoms with van der Waals surface area (Å²) in [5, 5.41) is 10.1. The number of benzene rings is 1. The first-order chi connectivity index (χ1) is 8.74. The molecule has 3 nitrogen and oxygen atoms in total. The molecule has 1 aliphatic rings. The molecule has 4 heteroatoms. The smallest absolute Gasteiger partial charge is 0.0702 e. The Hall–Kier alpha value is -0.770. The molecule has 0 radical (unpaired) electrons. The van der Waals surface area contributed by atoms with E-state index >= 15 is 0 Å². The number of halogens is 1. The van der Waals surface area contributed by atoms with Crippen molar-refractivity contribution in [2.45, 2.75) is 20.0 Å². The summed E-state index contributed by atoms with van der Waals surface area (Å²) < 4.78 is 0. The molecule has 1 aromatic carbocycles. The molecular weight excluding hydrogens is 248 g/mol. The minimum absolute atomic E-state index is 0.0467. The van der Waals surface area contributed by atoms with Crippen molar-refractivity contribution >= 4 is 17.3 Å². The van der Waals surface area contributed by atoms with E-state index in [0.29, 0.717) is 5.02 Å². The summed E-state index contributed by atoms with van der Waals surface area (Å²) in [5.74, 6) is 0. The molecule has 1 N–H and O–H groups in total.